The van der Waals surface area contributed by atoms with Crippen LogP contribution in [0.15, 0.2) is 36.4 Å². The molecule has 1 heterocycles. The molecule has 0 spiro atoms. The summed E-state index contributed by atoms with van der Waals surface area (Å²) in [4.78, 5) is 2.46. The van der Waals surface area contributed by atoms with Gasteiger partial charge in [0.05, 0.1) is 34.0 Å². The molecule has 1 unspecified atom stereocenters. The molecule has 0 bridgehead atoms. The SMILES string of the molecule is CCOc1cc(C(c2cccc(OC)c2OC)N2CCNCC2)ccc1OC. The van der Waals surface area contributed by atoms with Crippen molar-refractivity contribution < 1.29 is 18.9 Å². The summed E-state index contributed by atoms with van der Waals surface area (Å²) in [7, 11) is 5.02. The molecule has 0 aliphatic carbocycles. The lowest BCUT2D eigenvalue weighted by Crippen LogP contribution is -2.45. The monoisotopic (exact) mass is 386 g/mol. The molecule has 1 N–H and O–H groups in total. The highest BCUT2D eigenvalue weighted by Gasteiger charge is 2.28. The van der Waals surface area contributed by atoms with E-state index >= 15 is 0 Å². The maximum Gasteiger partial charge on any atom is 0.165 e. The van der Waals surface area contributed by atoms with Crippen LogP contribution in [0.5, 0.6) is 23.0 Å². The normalized spacial score (nSPS) is 15.7. The summed E-state index contributed by atoms with van der Waals surface area (Å²) in [5.74, 6) is 2.99. The van der Waals surface area contributed by atoms with Gasteiger partial charge in [-0.05, 0) is 30.7 Å². The van der Waals surface area contributed by atoms with E-state index in [9.17, 15) is 0 Å². The summed E-state index contributed by atoms with van der Waals surface area (Å²) in [6, 6.07) is 12.2. The lowest BCUT2D eigenvalue weighted by Gasteiger charge is -2.36. The number of nitrogens with zero attached hydrogens (tertiary/aromatic N) is 1. The first-order chi connectivity index (χ1) is 13.7. The van der Waals surface area contributed by atoms with Gasteiger partial charge >= 0.3 is 0 Å². The fourth-order valence-corrected chi connectivity index (χ4v) is 3.79. The second-order valence-corrected chi connectivity index (χ2v) is 6.61. The summed E-state index contributed by atoms with van der Waals surface area (Å²) in [5, 5.41) is 3.43. The number of methoxy groups -OCH3 is 3. The van der Waals surface area contributed by atoms with Gasteiger partial charge in [0.25, 0.3) is 0 Å². The molecule has 152 valence electrons. The fourth-order valence-electron chi connectivity index (χ4n) is 3.79. The number of nitrogens with one attached hydrogen (secondary N) is 1. The van der Waals surface area contributed by atoms with Gasteiger partial charge in [0.15, 0.2) is 23.0 Å². The van der Waals surface area contributed by atoms with Crippen molar-refractivity contribution in [1.82, 2.24) is 10.2 Å². The minimum Gasteiger partial charge on any atom is -0.493 e. The Hall–Kier alpha value is -2.44. The number of para-hydroxylation sites is 1. The summed E-state index contributed by atoms with van der Waals surface area (Å²) in [5.41, 5.74) is 2.22. The third kappa shape index (κ3) is 4.18. The van der Waals surface area contributed by atoms with E-state index in [1.807, 2.05) is 25.1 Å². The Kier molecular flexibility index (Phi) is 7.01. The molecule has 0 radical (unpaired) electrons. The fraction of sp³-hybridized carbons (Fsp3) is 0.455. The largest absolute Gasteiger partial charge is 0.493 e. The molecule has 3 rings (SSSR count). The third-order valence-electron chi connectivity index (χ3n) is 5.05. The van der Waals surface area contributed by atoms with E-state index in [-0.39, 0.29) is 6.04 Å². The lowest BCUT2D eigenvalue weighted by atomic mass is 9.94. The van der Waals surface area contributed by atoms with Crippen molar-refractivity contribution in [2.24, 2.45) is 0 Å². The molecule has 1 fully saturated rings. The quantitative estimate of drug-likeness (QED) is 0.752. The number of piperazine rings is 1. The van der Waals surface area contributed by atoms with Crippen LogP contribution in [0.25, 0.3) is 0 Å². The van der Waals surface area contributed by atoms with E-state index in [0.717, 1.165) is 60.3 Å². The van der Waals surface area contributed by atoms with Crippen molar-refractivity contribution >= 4 is 0 Å². The molecule has 1 aliphatic heterocycles. The van der Waals surface area contributed by atoms with Gasteiger partial charge in [0.2, 0.25) is 0 Å². The third-order valence-corrected chi connectivity index (χ3v) is 5.05. The second kappa shape index (κ2) is 9.66. The Morgan fingerprint density at radius 2 is 1.68 bits per heavy atom. The molecule has 6 heteroatoms. The van der Waals surface area contributed by atoms with Crippen LogP contribution in [0.4, 0.5) is 0 Å². The molecule has 28 heavy (non-hydrogen) atoms. The maximum atomic E-state index is 5.83. The first-order valence-corrected chi connectivity index (χ1v) is 9.69. The number of benzene rings is 2. The summed E-state index contributed by atoms with van der Waals surface area (Å²) >= 11 is 0. The molecule has 0 saturated carbocycles. The first-order valence-electron chi connectivity index (χ1n) is 9.69. The van der Waals surface area contributed by atoms with Gasteiger partial charge in [-0.1, -0.05) is 18.2 Å². The number of hydrogen-bond donors (Lipinski definition) is 1. The summed E-state index contributed by atoms with van der Waals surface area (Å²) < 4.78 is 22.6. The van der Waals surface area contributed by atoms with Crippen molar-refractivity contribution in [2.45, 2.75) is 13.0 Å². The average Bonchev–Trinajstić information content (AvgIpc) is 2.75. The number of ether oxygens (including phenoxy) is 4. The summed E-state index contributed by atoms with van der Waals surface area (Å²) in [6.07, 6.45) is 0. The summed E-state index contributed by atoms with van der Waals surface area (Å²) in [6.45, 7) is 6.36. The minimum atomic E-state index is 0.0252. The van der Waals surface area contributed by atoms with Crippen LogP contribution in [0, 0.1) is 0 Å². The van der Waals surface area contributed by atoms with Gasteiger partial charge < -0.3 is 24.3 Å². The van der Waals surface area contributed by atoms with Crippen LogP contribution in [0.2, 0.25) is 0 Å². The Morgan fingerprint density at radius 1 is 0.929 bits per heavy atom. The van der Waals surface area contributed by atoms with Gasteiger partial charge in [-0.2, -0.15) is 0 Å². The number of rotatable bonds is 8. The molecular weight excluding hydrogens is 356 g/mol. The van der Waals surface area contributed by atoms with Gasteiger partial charge in [0, 0.05) is 31.7 Å². The molecular formula is C22H30N2O4. The Bertz CT molecular complexity index is 775. The van der Waals surface area contributed by atoms with E-state index in [0.29, 0.717) is 6.61 Å². The van der Waals surface area contributed by atoms with Crippen molar-refractivity contribution in [2.75, 3.05) is 54.1 Å². The van der Waals surface area contributed by atoms with Crippen LogP contribution in [-0.4, -0.2) is 59.0 Å². The van der Waals surface area contributed by atoms with E-state index in [2.05, 4.69) is 28.4 Å². The zero-order valence-corrected chi connectivity index (χ0v) is 17.2. The van der Waals surface area contributed by atoms with E-state index in [4.69, 9.17) is 18.9 Å². The smallest absolute Gasteiger partial charge is 0.165 e. The Labute approximate surface area is 167 Å². The first kappa shape index (κ1) is 20.3. The zero-order valence-electron chi connectivity index (χ0n) is 17.2. The van der Waals surface area contributed by atoms with E-state index in [1.165, 1.54) is 0 Å². The molecule has 2 aromatic carbocycles. The van der Waals surface area contributed by atoms with Gasteiger partial charge in [0.1, 0.15) is 0 Å². The lowest BCUT2D eigenvalue weighted by molar-refractivity contribution is 0.194. The van der Waals surface area contributed by atoms with Crippen LogP contribution in [-0.2, 0) is 0 Å². The molecule has 0 amide bonds. The van der Waals surface area contributed by atoms with Gasteiger partial charge in [-0.25, -0.2) is 0 Å². The molecule has 6 nitrogen and oxygen atoms in total. The van der Waals surface area contributed by atoms with Crippen LogP contribution < -0.4 is 24.3 Å². The van der Waals surface area contributed by atoms with Crippen LogP contribution in [0.1, 0.15) is 24.1 Å². The van der Waals surface area contributed by atoms with Crippen molar-refractivity contribution in [3.63, 3.8) is 0 Å². The van der Waals surface area contributed by atoms with E-state index < -0.39 is 0 Å². The minimum absolute atomic E-state index is 0.0252. The van der Waals surface area contributed by atoms with Crippen molar-refractivity contribution in [1.29, 1.82) is 0 Å². The predicted molar refractivity (Wildman–Crippen MR) is 110 cm³/mol. The highest BCUT2D eigenvalue weighted by atomic mass is 16.5. The van der Waals surface area contributed by atoms with Gasteiger partial charge in [-0.3, -0.25) is 4.90 Å². The number of hydrogen-bond acceptors (Lipinski definition) is 6. The highest BCUT2D eigenvalue weighted by Crippen LogP contribution is 2.42. The molecule has 1 saturated heterocycles. The van der Waals surface area contributed by atoms with Crippen molar-refractivity contribution in [3.05, 3.63) is 47.5 Å². The standard InChI is InChI=1S/C22H30N2O4/c1-5-28-20-15-16(9-10-18(20)25-2)21(24-13-11-23-12-14-24)17-7-6-8-19(26-3)22(17)27-4/h6-10,15,21,23H,5,11-14H2,1-4H3. The highest BCUT2D eigenvalue weighted by molar-refractivity contribution is 5.53. The zero-order chi connectivity index (χ0) is 19.9. The van der Waals surface area contributed by atoms with Crippen molar-refractivity contribution in [3.8, 4) is 23.0 Å². The predicted octanol–water partition coefficient (Wildman–Crippen LogP) is 3.11. The average molecular weight is 386 g/mol. The molecule has 0 aromatic heterocycles. The van der Waals surface area contributed by atoms with Gasteiger partial charge in [-0.15, -0.1) is 0 Å². The second-order valence-electron chi connectivity index (χ2n) is 6.61. The van der Waals surface area contributed by atoms with Crippen LogP contribution >= 0.6 is 0 Å². The molecule has 1 atom stereocenters. The maximum absolute atomic E-state index is 5.83. The Balaban J connectivity index is 2.12. The van der Waals surface area contributed by atoms with Crippen LogP contribution in [0.3, 0.4) is 0 Å². The van der Waals surface area contributed by atoms with E-state index in [1.54, 1.807) is 21.3 Å². The topological polar surface area (TPSA) is 52.2 Å². The molecule has 2 aromatic rings. The molecule has 1 aliphatic rings. The Morgan fingerprint density at radius 3 is 2.32 bits per heavy atom.